The van der Waals surface area contributed by atoms with Crippen LogP contribution in [0, 0.1) is 0 Å². The van der Waals surface area contributed by atoms with Gasteiger partial charge in [-0.05, 0) is 48.8 Å². The highest BCUT2D eigenvalue weighted by Crippen LogP contribution is 2.22. The number of aryl methyl sites for hydroxylation is 1. The third kappa shape index (κ3) is 3.34. The fourth-order valence-corrected chi connectivity index (χ4v) is 2.80. The summed E-state index contributed by atoms with van der Waals surface area (Å²) in [6, 6.07) is 20.8. The van der Waals surface area contributed by atoms with Gasteiger partial charge in [-0.2, -0.15) is 0 Å². The number of unbranched alkanes of at least 4 members (excludes halogenated alkanes) is 1. The predicted molar refractivity (Wildman–Crippen MR) is 87.2 cm³/mol. The molecule has 1 heterocycles. The monoisotopic (exact) mass is 279 g/mol. The molecule has 1 N–H and O–H groups in total. The Morgan fingerprint density at radius 3 is 2.48 bits per heavy atom. The van der Waals surface area contributed by atoms with Gasteiger partial charge in [0, 0.05) is 6.20 Å². The van der Waals surface area contributed by atoms with Crippen molar-refractivity contribution in [2.75, 3.05) is 0 Å². The van der Waals surface area contributed by atoms with Crippen LogP contribution in [0.1, 0.15) is 31.1 Å². The first kappa shape index (κ1) is 13.9. The minimum Gasteiger partial charge on any atom is -0.373 e. The van der Waals surface area contributed by atoms with Gasteiger partial charge in [-0.3, -0.25) is 0 Å². The zero-order valence-electron chi connectivity index (χ0n) is 12.2. The van der Waals surface area contributed by atoms with E-state index in [9.17, 15) is 5.11 Å². The number of aliphatic hydroxyl groups is 1. The fourth-order valence-electron chi connectivity index (χ4n) is 2.80. The molecular formula is C19H21NO. The molecule has 0 bridgehead atoms. The Morgan fingerprint density at radius 2 is 1.62 bits per heavy atom. The molecule has 0 aliphatic carbocycles. The summed E-state index contributed by atoms with van der Waals surface area (Å²) in [4.78, 5) is 0. The van der Waals surface area contributed by atoms with E-state index in [1.807, 2.05) is 29.0 Å². The number of hydrogen-bond acceptors (Lipinski definition) is 1. The summed E-state index contributed by atoms with van der Waals surface area (Å²) in [7, 11) is 0. The largest absolute Gasteiger partial charge is 0.373 e. The van der Waals surface area contributed by atoms with Crippen LogP contribution < -0.4 is 0 Å². The molecule has 3 aromatic rings. The second kappa shape index (κ2) is 6.59. The van der Waals surface area contributed by atoms with Crippen LogP contribution in [0.2, 0.25) is 0 Å². The van der Waals surface area contributed by atoms with Gasteiger partial charge >= 0.3 is 0 Å². The molecule has 1 unspecified atom stereocenters. The van der Waals surface area contributed by atoms with Gasteiger partial charge in [0.1, 0.15) is 6.23 Å². The first-order valence-electron chi connectivity index (χ1n) is 7.62. The zero-order chi connectivity index (χ0) is 14.5. The van der Waals surface area contributed by atoms with Gasteiger partial charge in [0.25, 0.3) is 0 Å². The molecule has 21 heavy (non-hydrogen) atoms. The number of para-hydroxylation sites is 1. The third-order valence-electron chi connectivity index (χ3n) is 3.97. The van der Waals surface area contributed by atoms with Crippen LogP contribution in [0.25, 0.3) is 10.9 Å². The Labute approximate surface area is 125 Å². The Bertz CT molecular complexity index is 687. The Kier molecular flexibility index (Phi) is 4.37. The minimum absolute atomic E-state index is 0.430. The molecule has 0 saturated heterocycles. The summed E-state index contributed by atoms with van der Waals surface area (Å²) in [6.07, 6.45) is 5.57. The number of aliphatic hydroxyl groups excluding tert-OH is 1. The van der Waals surface area contributed by atoms with E-state index < -0.39 is 6.23 Å². The van der Waals surface area contributed by atoms with E-state index in [4.69, 9.17) is 0 Å². The summed E-state index contributed by atoms with van der Waals surface area (Å²) in [5.41, 5.74) is 2.48. The molecule has 2 nitrogen and oxygen atoms in total. The van der Waals surface area contributed by atoms with Crippen LogP contribution in [0.15, 0.2) is 66.9 Å². The standard InChI is InChI=1S/C19H21NO/c21-19(13-7-4-10-16-8-2-1-3-9-16)20-15-14-17-11-5-6-12-18(17)20/h1-3,5-6,8-9,11-12,14-15,19,21H,4,7,10,13H2. The van der Waals surface area contributed by atoms with Crippen molar-refractivity contribution in [1.29, 1.82) is 0 Å². The summed E-state index contributed by atoms with van der Waals surface area (Å²) in [5, 5.41) is 11.5. The van der Waals surface area contributed by atoms with Crippen LogP contribution in [-0.4, -0.2) is 9.67 Å². The Hall–Kier alpha value is -2.06. The molecule has 2 heteroatoms. The second-order valence-corrected chi connectivity index (χ2v) is 5.49. The van der Waals surface area contributed by atoms with Gasteiger partial charge < -0.3 is 9.67 Å². The van der Waals surface area contributed by atoms with Gasteiger partial charge in [-0.15, -0.1) is 0 Å². The van der Waals surface area contributed by atoms with Crippen molar-refractivity contribution in [2.45, 2.75) is 31.9 Å². The van der Waals surface area contributed by atoms with Gasteiger partial charge in [-0.1, -0.05) is 48.5 Å². The normalized spacial score (nSPS) is 12.6. The van der Waals surface area contributed by atoms with Gasteiger partial charge in [0.2, 0.25) is 0 Å². The average Bonchev–Trinajstić information content (AvgIpc) is 2.96. The van der Waals surface area contributed by atoms with E-state index in [1.54, 1.807) is 0 Å². The molecule has 0 amide bonds. The summed E-state index contributed by atoms with van der Waals surface area (Å²) >= 11 is 0. The topological polar surface area (TPSA) is 25.2 Å². The lowest BCUT2D eigenvalue weighted by Crippen LogP contribution is -2.06. The maximum atomic E-state index is 10.4. The summed E-state index contributed by atoms with van der Waals surface area (Å²) in [5.74, 6) is 0. The molecule has 1 aromatic heterocycles. The van der Waals surface area contributed by atoms with Crippen molar-refractivity contribution >= 4 is 10.9 Å². The van der Waals surface area contributed by atoms with E-state index >= 15 is 0 Å². The molecule has 0 radical (unpaired) electrons. The van der Waals surface area contributed by atoms with Crippen LogP contribution in [-0.2, 0) is 6.42 Å². The van der Waals surface area contributed by atoms with Crippen LogP contribution in [0.5, 0.6) is 0 Å². The van der Waals surface area contributed by atoms with Crippen LogP contribution in [0.4, 0.5) is 0 Å². The van der Waals surface area contributed by atoms with Crippen molar-refractivity contribution in [3.63, 3.8) is 0 Å². The van der Waals surface area contributed by atoms with Crippen molar-refractivity contribution in [2.24, 2.45) is 0 Å². The maximum Gasteiger partial charge on any atom is 0.130 e. The predicted octanol–water partition coefficient (Wildman–Crippen LogP) is 4.55. The van der Waals surface area contributed by atoms with E-state index in [2.05, 4.69) is 42.5 Å². The molecule has 2 aromatic carbocycles. The molecule has 0 aliphatic rings. The molecule has 0 fully saturated rings. The lowest BCUT2D eigenvalue weighted by molar-refractivity contribution is 0.0962. The molecule has 3 rings (SSSR count). The highest BCUT2D eigenvalue weighted by Gasteiger charge is 2.09. The van der Waals surface area contributed by atoms with E-state index in [0.29, 0.717) is 0 Å². The number of hydrogen-bond donors (Lipinski definition) is 1. The highest BCUT2D eigenvalue weighted by molar-refractivity contribution is 5.79. The van der Waals surface area contributed by atoms with Crippen molar-refractivity contribution in [3.8, 4) is 0 Å². The molecule has 0 saturated carbocycles. The first-order chi connectivity index (χ1) is 10.3. The zero-order valence-corrected chi connectivity index (χ0v) is 12.2. The van der Waals surface area contributed by atoms with E-state index in [0.717, 1.165) is 31.2 Å². The van der Waals surface area contributed by atoms with Crippen LogP contribution >= 0.6 is 0 Å². The third-order valence-corrected chi connectivity index (χ3v) is 3.97. The van der Waals surface area contributed by atoms with Crippen molar-refractivity contribution in [1.82, 2.24) is 4.57 Å². The van der Waals surface area contributed by atoms with Crippen LogP contribution in [0.3, 0.4) is 0 Å². The van der Waals surface area contributed by atoms with E-state index in [1.165, 1.54) is 10.9 Å². The molecule has 0 aliphatic heterocycles. The lowest BCUT2D eigenvalue weighted by Gasteiger charge is -2.14. The fraction of sp³-hybridized carbons (Fsp3) is 0.263. The molecular weight excluding hydrogens is 258 g/mol. The number of fused-ring (bicyclic) bond motifs is 1. The SMILES string of the molecule is OC(CCCCc1ccccc1)n1ccc2ccccc21. The molecule has 1 atom stereocenters. The lowest BCUT2D eigenvalue weighted by atomic mass is 10.1. The highest BCUT2D eigenvalue weighted by atomic mass is 16.3. The van der Waals surface area contributed by atoms with Gasteiger partial charge in [-0.25, -0.2) is 0 Å². The summed E-state index contributed by atoms with van der Waals surface area (Å²) < 4.78 is 1.97. The minimum atomic E-state index is -0.430. The summed E-state index contributed by atoms with van der Waals surface area (Å²) in [6.45, 7) is 0. The number of nitrogens with zero attached hydrogens (tertiary/aromatic N) is 1. The van der Waals surface area contributed by atoms with Gasteiger partial charge in [0.05, 0.1) is 5.52 Å². The Morgan fingerprint density at radius 1 is 0.857 bits per heavy atom. The molecule has 108 valence electrons. The Balaban J connectivity index is 1.53. The second-order valence-electron chi connectivity index (χ2n) is 5.49. The number of benzene rings is 2. The molecule has 0 spiro atoms. The van der Waals surface area contributed by atoms with Gasteiger partial charge in [0.15, 0.2) is 0 Å². The van der Waals surface area contributed by atoms with E-state index in [-0.39, 0.29) is 0 Å². The average molecular weight is 279 g/mol. The number of aromatic nitrogens is 1. The smallest absolute Gasteiger partial charge is 0.130 e. The van der Waals surface area contributed by atoms with Crippen molar-refractivity contribution in [3.05, 3.63) is 72.4 Å². The number of rotatable bonds is 6. The maximum absolute atomic E-state index is 10.4. The van der Waals surface area contributed by atoms with Crippen molar-refractivity contribution < 1.29 is 5.11 Å². The first-order valence-corrected chi connectivity index (χ1v) is 7.62. The quantitative estimate of drug-likeness (QED) is 0.658.